The van der Waals surface area contributed by atoms with Crippen LogP contribution >= 0.6 is 11.3 Å². The van der Waals surface area contributed by atoms with Crippen molar-refractivity contribution < 1.29 is 9.53 Å². The number of aromatic nitrogens is 3. The molecule has 0 radical (unpaired) electrons. The molecule has 0 saturated heterocycles. The zero-order chi connectivity index (χ0) is 20.1. The van der Waals surface area contributed by atoms with E-state index in [9.17, 15) is 4.79 Å². The second-order valence-corrected chi connectivity index (χ2v) is 8.04. The number of rotatable bonds is 7. The minimum Gasteiger partial charge on any atom is -0.497 e. The average molecular weight is 410 g/mol. The first kappa shape index (κ1) is 19.3. The van der Waals surface area contributed by atoms with E-state index in [1.807, 2.05) is 12.1 Å². The van der Waals surface area contributed by atoms with E-state index in [-0.39, 0.29) is 11.3 Å². The van der Waals surface area contributed by atoms with Gasteiger partial charge in [0.05, 0.1) is 12.7 Å². The molecule has 1 amide bonds. The van der Waals surface area contributed by atoms with Gasteiger partial charge in [-0.3, -0.25) is 10.1 Å². The number of hydrogen-bond donors (Lipinski definition) is 2. The van der Waals surface area contributed by atoms with Gasteiger partial charge in [0.2, 0.25) is 5.13 Å². The van der Waals surface area contributed by atoms with Crippen molar-refractivity contribution in [1.29, 1.82) is 0 Å². The molecule has 3 aromatic rings. The van der Waals surface area contributed by atoms with Crippen LogP contribution in [0.1, 0.15) is 41.6 Å². The lowest BCUT2D eigenvalue weighted by Crippen LogP contribution is -2.31. The van der Waals surface area contributed by atoms with Gasteiger partial charge in [-0.1, -0.05) is 36.3 Å². The van der Waals surface area contributed by atoms with Gasteiger partial charge in [-0.15, -0.1) is 10.2 Å². The molecule has 1 fully saturated rings. The van der Waals surface area contributed by atoms with E-state index in [0.29, 0.717) is 10.7 Å². The molecule has 0 bridgehead atoms. The first-order valence-corrected chi connectivity index (χ1v) is 10.5. The van der Waals surface area contributed by atoms with Gasteiger partial charge < -0.3 is 10.1 Å². The molecule has 1 aromatic carbocycles. The molecule has 0 atom stereocenters. The van der Waals surface area contributed by atoms with Crippen molar-refractivity contribution in [2.45, 2.75) is 31.1 Å². The molecule has 150 valence electrons. The van der Waals surface area contributed by atoms with E-state index in [2.05, 4.69) is 44.0 Å². The van der Waals surface area contributed by atoms with Crippen LogP contribution in [0.4, 0.5) is 10.9 Å². The number of methoxy groups -OCH3 is 1. The molecule has 1 aliphatic carbocycles. The second-order valence-electron chi connectivity index (χ2n) is 7.20. The van der Waals surface area contributed by atoms with Crippen LogP contribution in [0.5, 0.6) is 5.75 Å². The highest BCUT2D eigenvalue weighted by atomic mass is 32.1. The third kappa shape index (κ3) is 4.37. The zero-order valence-electron chi connectivity index (χ0n) is 16.2. The summed E-state index contributed by atoms with van der Waals surface area (Å²) in [5.41, 5.74) is 3.43. The van der Waals surface area contributed by atoms with Crippen molar-refractivity contribution in [2.24, 2.45) is 0 Å². The lowest BCUT2D eigenvalue weighted by atomic mass is 9.78. The number of pyridine rings is 1. The number of nitrogens with one attached hydrogen (secondary N) is 2. The van der Waals surface area contributed by atoms with Gasteiger partial charge >= 0.3 is 0 Å². The summed E-state index contributed by atoms with van der Waals surface area (Å²) in [6.07, 6.45) is 6.28. The van der Waals surface area contributed by atoms with E-state index < -0.39 is 0 Å². The molecular weight excluding hydrogens is 386 g/mol. The lowest BCUT2D eigenvalue weighted by Gasteiger charge is -2.30. The van der Waals surface area contributed by atoms with E-state index in [1.54, 1.807) is 24.9 Å². The summed E-state index contributed by atoms with van der Waals surface area (Å²) in [5.74, 6) is 1.40. The summed E-state index contributed by atoms with van der Waals surface area (Å²) >= 11 is 1.28. The van der Waals surface area contributed by atoms with Crippen molar-refractivity contribution >= 4 is 28.2 Å². The van der Waals surface area contributed by atoms with Crippen molar-refractivity contribution in [1.82, 2.24) is 15.2 Å². The fraction of sp³-hybridized carbons (Fsp3) is 0.333. The summed E-state index contributed by atoms with van der Waals surface area (Å²) in [6.45, 7) is 0.795. The van der Waals surface area contributed by atoms with E-state index >= 15 is 0 Å². The Morgan fingerprint density at radius 1 is 1.24 bits per heavy atom. The number of nitrogens with zero attached hydrogens (tertiary/aromatic N) is 3. The molecule has 1 aliphatic rings. The van der Waals surface area contributed by atoms with Crippen LogP contribution in [-0.4, -0.2) is 34.7 Å². The van der Waals surface area contributed by atoms with Crippen molar-refractivity contribution in [3.05, 3.63) is 59.2 Å². The van der Waals surface area contributed by atoms with Gasteiger partial charge in [-0.2, -0.15) is 0 Å². The number of hydrogen-bond acceptors (Lipinski definition) is 7. The second kappa shape index (κ2) is 8.57. The van der Waals surface area contributed by atoms with E-state index in [4.69, 9.17) is 4.74 Å². The highest BCUT2D eigenvalue weighted by Crippen LogP contribution is 2.42. The molecular formula is C21H23N5O2S. The number of carbonyl (C=O) groups excluding carboxylic acids is 1. The van der Waals surface area contributed by atoms with Gasteiger partial charge in [0.1, 0.15) is 17.1 Å². The fourth-order valence-corrected chi connectivity index (χ4v) is 4.30. The van der Waals surface area contributed by atoms with Crippen molar-refractivity contribution in [3.63, 3.8) is 0 Å². The third-order valence-electron chi connectivity index (χ3n) is 5.46. The van der Waals surface area contributed by atoms with E-state index in [0.717, 1.165) is 31.0 Å². The van der Waals surface area contributed by atoms with Crippen LogP contribution in [-0.2, 0) is 5.41 Å². The molecule has 1 saturated carbocycles. The molecule has 2 N–H and O–H groups in total. The van der Waals surface area contributed by atoms with Gasteiger partial charge in [-0.05, 0) is 42.7 Å². The van der Waals surface area contributed by atoms with Gasteiger partial charge in [0.25, 0.3) is 5.91 Å². The standard InChI is InChI=1S/C21H23N5O2S/c1-28-17-6-4-5-16(11-17)21(9-2-3-10-21)13-23-18-8-7-15(12-22-18)19(27)25-20-26-24-14-29-20/h4-8,11-12,14H,2-3,9-10,13H2,1H3,(H,22,23)(H,25,26,27). The Morgan fingerprint density at radius 3 is 2.79 bits per heavy atom. The van der Waals surface area contributed by atoms with Crippen molar-refractivity contribution in [2.75, 3.05) is 24.3 Å². The van der Waals surface area contributed by atoms with Crippen LogP contribution in [0.3, 0.4) is 0 Å². The maximum atomic E-state index is 12.2. The van der Waals surface area contributed by atoms with Gasteiger partial charge in [-0.25, -0.2) is 4.98 Å². The van der Waals surface area contributed by atoms with Crippen LogP contribution in [0.2, 0.25) is 0 Å². The van der Waals surface area contributed by atoms with Crippen molar-refractivity contribution in [3.8, 4) is 5.75 Å². The lowest BCUT2D eigenvalue weighted by molar-refractivity contribution is 0.102. The molecule has 0 spiro atoms. The molecule has 7 nitrogen and oxygen atoms in total. The van der Waals surface area contributed by atoms with Gasteiger partial charge in [0, 0.05) is 18.2 Å². The maximum Gasteiger partial charge on any atom is 0.259 e. The minimum atomic E-state index is -0.246. The Balaban J connectivity index is 1.43. The SMILES string of the molecule is COc1cccc(C2(CNc3ccc(C(=O)Nc4nncs4)cn3)CCCC2)c1. The fourth-order valence-electron chi connectivity index (χ4n) is 3.86. The number of ether oxygens (including phenoxy) is 1. The molecule has 29 heavy (non-hydrogen) atoms. The molecule has 2 heterocycles. The average Bonchev–Trinajstić information content (AvgIpc) is 3.45. The normalized spacial score (nSPS) is 15.1. The Bertz CT molecular complexity index is 953. The predicted molar refractivity (Wildman–Crippen MR) is 114 cm³/mol. The molecule has 8 heteroatoms. The molecule has 0 unspecified atom stereocenters. The monoisotopic (exact) mass is 409 g/mol. The summed E-state index contributed by atoms with van der Waals surface area (Å²) in [4.78, 5) is 16.7. The van der Waals surface area contributed by atoms with Crippen LogP contribution in [0.15, 0.2) is 48.1 Å². The van der Waals surface area contributed by atoms with E-state index in [1.165, 1.54) is 29.7 Å². The Labute approximate surface area is 173 Å². The van der Waals surface area contributed by atoms with Crippen LogP contribution in [0, 0.1) is 0 Å². The van der Waals surface area contributed by atoms with Crippen LogP contribution < -0.4 is 15.4 Å². The number of anilines is 2. The predicted octanol–water partition coefficient (Wildman–Crippen LogP) is 4.12. The molecule has 4 rings (SSSR count). The minimum absolute atomic E-state index is 0.0735. The van der Waals surface area contributed by atoms with Crippen LogP contribution in [0.25, 0.3) is 0 Å². The summed E-state index contributed by atoms with van der Waals surface area (Å²) in [5, 5.41) is 14.2. The summed E-state index contributed by atoms with van der Waals surface area (Å²) in [7, 11) is 1.70. The first-order valence-electron chi connectivity index (χ1n) is 9.60. The zero-order valence-corrected chi connectivity index (χ0v) is 17.0. The Kier molecular flexibility index (Phi) is 5.71. The summed E-state index contributed by atoms with van der Waals surface area (Å²) < 4.78 is 5.42. The number of amides is 1. The topological polar surface area (TPSA) is 89.0 Å². The Morgan fingerprint density at radius 2 is 2.10 bits per heavy atom. The quantitative estimate of drug-likeness (QED) is 0.610. The first-order chi connectivity index (χ1) is 14.2. The highest BCUT2D eigenvalue weighted by molar-refractivity contribution is 7.13. The summed E-state index contributed by atoms with van der Waals surface area (Å²) in [6, 6.07) is 12.0. The molecule has 0 aliphatic heterocycles. The number of benzene rings is 1. The largest absolute Gasteiger partial charge is 0.497 e. The van der Waals surface area contributed by atoms with Gasteiger partial charge in [0.15, 0.2) is 0 Å². The number of carbonyl (C=O) groups is 1. The third-order valence-corrected chi connectivity index (χ3v) is 6.06. The highest BCUT2D eigenvalue weighted by Gasteiger charge is 2.35. The smallest absolute Gasteiger partial charge is 0.259 e. The Hall–Kier alpha value is -3.00. The maximum absolute atomic E-state index is 12.2. The molecule has 2 aromatic heterocycles.